The van der Waals surface area contributed by atoms with E-state index in [4.69, 9.17) is 6.42 Å². The fraction of sp³-hybridized carbons (Fsp3) is 0.857. The molecule has 2 bridgehead atoms. The third-order valence-corrected chi connectivity index (χ3v) is 5.00. The predicted molar refractivity (Wildman–Crippen MR) is 62.4 cm³/mol. The fourth-order valence-corrected chi connectivity index (χ4v) is 4.42. The average molecular weight is 203 g/mol. The number of nitrogens with zero attached hydrogens (tertiary/aromatic N) is 1. The minimum atomic E-state index is 0.838. The molecule has 0 amide bonds. The fourth-order valence-electron chi connectivity index (χ4n) is 4.42. The number of hydrogen-bond donors (Lipinski definition) is 0. The summed E-state index contributed by atoms with van der Waals surface area (Å²) in [5.41, 5.74) is 0. The molecule has 2 aliphatic heterocycles. The summed E-state index contributed by atoms with van der Waals surface area (Å²) in [5.74, 6) is 4.90. The van der Waals surface area contributed by atoms with Gasteiger partial charge in [-0.3, -0.25) is 4.90 Å². The molecule has 4 unspecified atom stereocenters. The Hall–Kier alpha value is -0.480. The van der Waals surface area contributed by atoms with Crippen LogP contribution in [0.4, 0.5) is 0 Å². The van der Waals surface area contributed by atoms with E-state index in [1.54, 1.807) is 0 Å². The Morgan fingerprint density at radius 1 is 1.13 bits per heavy atom. The summed E-state index contributed by atoms with van der Waals surface area (Å²) in [6.07, 6.45) is 15.7. The Morgan fingerprint density at radius 2 is 2.00 bits per heavy atom. The van der Waals surface area contributed by atoms with Crippen LogP contribution in [0.3, 0.4) is 0 Å². The van der Waals surface area contributed by atoms with Gasteiger partial charge >= 0.3 is 0 Å². The Bertz CT molecular complexity index is 278. The highest BCUT2D eigenvalue weighted by Crippen LogP contribution is 2.48. The van der Waals surface area contributed by atoms with Gasteiger partial charge in [0.15, 0.2) is 0 Å². The molecular weight excluding hydrogens is 182 g/mol. The average Bonchev–Trinajstić information content (AvgIpc) is 2.56. The molecule has 3 fully saturated rings. The highest BCUT2D eigenvalue weighted by Gasteiger charge is 2.46. The van der Waals surface area contributed by atoms with Crippen LogP contribution in [0, 0.1) is 24.2 Å². The smallest absolute Gasteiger partial charge is 0.0603 e. The summed E-state index contributed by atoms with van der Waals surface area (Å²) in [7, 11) is 0. The SMILES string of the molecule is C#CCN1C2CCC1C1CCCCC1C2. The van der Waals surface area contributed by atoms with Crippen molar-refractivity contribution >= 4 is 0 Å². The lowest BCUT2D eigenvalue weighted by Gasteiger charge is -2.46. The van der Waals surface area contributed by atoms with Gasteiger partial charge in [-0.05, 0) is 37.5 Å². The van der Waals surface area contributed by atoms with Crippen LogP contribution >= 0.6 is 0 Å². The largest absolute Gasteiger partial charge is 0.286 e. The highest BCUT2D eigenvalue weighted by atomic mass is 15.2. The molecule has 15 heavy (non-hydrogen) atoms. The van der Waals surface area contributed by atoms with Gasteiger partial charge in [-0.1, -0.05) is 25.2 Å². The molecule has 82 valence electrons. The summed E-state index contributed by atoms with van der Waals surface area (Å²) in [6, 6.07) is 1.69. The third-order valence-electron chi connectivity index (χ3n) is 5.00. The first-order valence-electron chi connectivity index (χ1n) is 6.59. The van der Waals surface area contributed by atoms with E-state index < -0.39 is 0 Å². The van der Waals surface area contributed by atoms with E-state index in [1.807, 2.05) is 0 Å². The zero-order chi connectivity index (χ0) is 10.3. The molecule has 0 spiro atoms. The Balaban J connectivity index is 1.79. The summed E-state index contributed by atoms with van der Waals surface area (Å²) >= 11 is 0. The summed E-state index contributed by atoms with van der Waals surface area (Å²) in [6.45, 7) is 0.901. The first-order chi connectivity index (χ1) is 7.40. The van der Waals surface area contributed by atoms with Crippen LogP contribution in [0.5, 0.6) is 0 Å². The molecule has 1 heteroatoms. The minimum absolute atomic E-state index is 0.838. The minimum Gasteiger partial charge on any atom is -0.286 e. The van der Waals surface area contributed by atoms with E-state index in [9.17, 15) is 0 Å². The second-order valence-corrected chi connectivity index (χ2v) is 5.62. The molecule has 1 aliphatic carbocycles. The zero-order valence-corrected chi connectivity index (χ0v) is 9.49. The standard InChI is InChI=1S/C14H21N/c1-2-9-15-12-7-8-14(15)13-6-4-3-5-11(13)10-12/h1,11-14H,3-10H2. The topological polar surface area (TPSA) is 3.24 Å². The van der Waals surface area contributed by atoms with Gasteiger partial charge in [-0.2, -0.15) is 0 Å². The third kappa shape index (κ3) is 1.51. The molecule has 1 saturated carbocycles. The summed E-state index contributed by atoms with van der Waals surface area (Å²) in [4.78, 5) is 2.65. The summed E-state index contributed by atoms with van der Waals surface area (Å²) in [5, 5.41) is 0. The van der Waals surface area contributed by atoms with E-state index in [1.165, 1.54) is 44.9 Å². The van der Waals surface area contributed by atoms with E-state index in [0.717, 1.165) is 30.5 Å². The second kappa shape index (κ2) is 3.83. The molecule has 2 heterocycles. The van der Waals surface area contributed by atoms with Crippen LogP contribution in [-0.4, -0.2) is 23.5 Å². The Kier molecular flexibility index (Phi) is 2.48. The maximum Gasteiger partial charge on any atom is 0.0603 e. The number of rotatable bonds is 1. The van der Waals surface area contributed by atoms with E-state index >= 15 is 0 Å². The van der Waals surface area contributed by atoms with Crippen molar-refractivity contribution in [2.75, 3.05) is 6.54 Å². The van der Waals surface area contributed by atoms with Gasteiger partial charge in [0.1, 0.15) is 0 Å². The van der Waals surface area contributed by atoms with Crippen LogP contribution in [0.15, 0.2) is 0 Å². The van der Waals surface area contributed by atoms with Gasteiger partial charge in [0.2, 0.25) is 0 Å². The molecule has 1 nitrogen and oxygen atoms in total. The first kappa shape index (κ1) is 9.73. The predicted octanol–water partition coefficient (Wildman–Crippen LogP) is 2.66. The van der Waals surface area contributed by atoms with Crippen molar-refractivity contribution in [1.82, 2.24) is 4.90 Å². The molecule has 0 aromatic heterocycles. The van der Waals surface area contributed by atoms with Crippen LogP contribution in [0.25, 0.3) is 0 Å². The molecule has 0 N–H and O–H groups in total. The molecule has 0 aromatic carbocycles. The first-order valence-corrected chi connectivity index (χ1v) is 6.59. The van der Waals surface area contributed by atoms with Gasteiger partial charge in [0.25, 0.3) is 0 Å². The van der Waals surface area contributed by atoms with Crippen molar-refractivity contribution in [2.24, 2.45) is 11.8 Å². The van der Waals surface area contributed by atoms with E-state index in [-0.39, 0.29) is 0 Å². The van der Waals surface area contributed by atoms with Crippen molar-refractivity contribution in [3.05, 3.63) is 0 Å². The normalized spacial score (nSPS) is 44.7. The van der Waals surface area contributed by atoms with Gasteiger partial charge in [-0.15, -0.1) is 6.42 Å². The number of fused-ring (bicyclic) bond motifs is 4. The maximum atomic E-state index is 5.49. The maximum absolute atomic E-state index is 5.49. The van der Waals surface area contributed by atoms with Crippen molar-refractivity contribution < 1.29 is 0 Å². The number of terminal acetylenes is 1. The molecule has 0 aromatic rings. The van der Waals surface area contributed by atoms with Crippen LogP contribution in [-0.2, 0) is 0 Å². The lowest BCUT2D eigenvalue weighted by molar-refractivity contribution is 0.0321. The molecule has 4 atom stereocenters. The van der Waals surface area contributed by atoms with Crippen LogP contribution < -0.4 is 0 Å². The number of piperidine rings is 1. The Morgan fingerprint density at radius 3 is 2.87 bits per heavy atom. The monoisotopic (exact) mass is 203 g/mol. The quantitative estimate of drug-likeness (QED) is 0.592. The number of hydrogen-bond acceptors (Lipinski definition) is 1. The lowest BCUT2D eigenvalue weighted by Crippen LogP contribution is -2.49. The van der Waals surface area contributed by atoms with Crippen molar-refractivity contribution in [3.8, 4) is 12.3 Å². The molecule has 3 rings (SSSR count). The van der Waals surface area contributed by atoms with Crippen molar-refractivity contribution in [2.45, 2.75) is 57.0 Å². The molecule has 2 saturated heterocycles. The van der Waals surface area contributed by atoms with E-state index in [2.05, 4.69) is 10.8 Å². The lowest BCUT2D eigenvalue weighted by atomic mass is 9.71. The highest BCUT2D eigenvalue weighted by molar-refractivity contribution is 5.04. The second-order valence-electron chi connectivity index (χ2n) is 5.62. The van der Waals surface area contributed by atoms with Gasteiger partial charge in [0.05, 0.1) is 6.54 Å². The van der Waals surface area contributed by atoms with Crippen molar-refractivity contribution in [1.29, 1.82) is 0 Å². The van der Waals surface area contributed by atoms with Gasteiger partial charge in [-0.25, -0.2) is 0 Å². The molecule has 0 radical (unpaired) electrons. The zero-order valence-electron chi connectivity index (χ0n) is 9.49. The summed E-state index contributed by atoms with van der Waals surface area (Å²) < 4.78 is 0. The van der Waals surface area contributed by atoms with Crippen molar-refractivity contribution in [3.63, 3.8) is 0 Å². The van der Waals surface area contributed by atoms with Gasteiger partial charge in [0, 0.05) is 12.1 Å². The molecular formula is C14H21N. The molecule has 3 aliphatic rings. The van der Waals surface area contributed by atoms with Gasteiger partial charge < -0.3 is 0 Å². The van der Waals surface area contributed by atoms with Crippen LogP contribution in [0.1, 0.15) is 44.9 Å². The van der Waals surface area contributed by atoms with E-state index in [0.29, 0.717) is 0 Å². The Labute approximate surface area is 93.2 Å². The van der Waals surface area contributed by atoms with Crippen LogP contribution in [0.2, 0.25) is 0 Å².